The second kappa shape index (κ2) is 10.5. The first-order valence-electron chi connectivity index (χ1n) is 16.3. The predicted molar refractivity (Wildman–Crippen MR) is 199 cm³/mol. The fraction of sp³-hybridized carbons (Fsp3) is 0. The van der Waals surface area contributed by atoms with Crippen LogP contribution in [0.1, 0.15) is 0 Å². The number of fused-ring (bicyclic) bond motifs is 8. The molecule has 0 aliphatic carbocycles. The molecule has 7 aromatic carbocycles. The van der Waals surface area contributed by atoms with Crippen LogP contribution in [0.15, 0.2) is 170 Å². The van der Waals surface area contributed by atoms with Crippen LogP contribution < -0.4 is 0 Å². The second-order valence-electron chi connectivity index (χ2n) is 12.2. The average molecular weight is 613 g/mol. The van der Waals surface area contributed by atoms with E-state index in [0.717, 1.165) is 50.0 Å². The molecule has 0 saturated carbocycles. The van der Waals surface area contributed by atoms with E-state index in [9.17, 15) is 0 Å². The Hall–Kier alpha value is -6.52. The van der Waals surface area contributed by atoms with Crippen LogP contribution in [0.2, 0.25) is 0 Å². The van der Waals surface area contributed by atoms with E-state index in [-0.39, 0.29) is 0 Å². The van der Waals surface area contributed by atoms with E-state index < -0.39 is 0 Å². The van der Waals surface area contributed by atoms with Gasteiger partial charge in [-0.15, -0.1) is 0 Å². The van der Waals surface area contributed by atoms with Crippen molar-refractivity contribution in [3.8, 4) is 34.0 Å². The van der Waals surface area contributed by atoms with Crippen LogP contribution >= 0.6 is 0 Å². The summed E-state index contributed by atoms with van der Waals surface area (Å²) in [5.41, 5.74) is 10.8. The van der Waals surface area contributed by atoms with Crippen LogP contribution in [-0.2, 0) is 0 Å². The SMILES string of the molecule is c1ccc(-c2nc(-n3c4ccccc4c4c5c6ccccc6n(-c6ccccc6)c5ccc43)nc3c(-c4ccccc4)cccc23)cc1. The maximum atomic E-state index is 5.42. The van der Waals surface area contributed by atoms with Gasteiger partial charge < -0.3 is 4.57 Å². The lowest BCUT2D eigenvalue weighted by atomic mass is 9.99. The third kappa shape index (κ3) is 3.90. The first-order valence-corrected chi connectivity index (χ1v) is 16.3. The number of rotatable bonds is 4. The number of hydrogen-bond acceptors (Lipinski definition) is 2. The van der Waals surface area contributed by atoms with Crippen molar-refractivity contribution in [2.75, 3.05) is 0 Å². The molecule has 0 aliphatic rings. The molecule has 0 aliphatic heterocycles. The highest BCUT2D eigenvalue weighted by atomic mass is 15.2. The van der Waals surface area contributed by atoms with Gasteiger partial charge in [-0.25, -0.2) is 9.97 Å². The molecule has 224 valence electrons. The van der Waals surface area contributed by atoms with E-state index >= 15 is 0 Å². The Bertz CT molecular complexity index is 2810. The molecule has 10 rings (SSSR count). The van der Waals surface area contributed by atoms with Gasteiger partial charge in [0.05, 0.1) is 33.3 Å². The van der Waals surface area contributed by atoms with Crippen molar-refractivity contribution in [1.29, 1.82) is 0 Å². The summed E-state index contributed by atoms with van der Waals surface area (Å²) in [7, 11) is 0. The van der Waals surface area contributed by atoms with Crippen molar-refractivity contribution in [2.45, 2.75) is 0 Å². The Morgan fingerprint density at radius 1 is 0.354 bits per heavy atom. The van der Waals surface area contributed by atoms with Gasteiger partial charge in [-0.1, -0.05) is 133 Å². The lowest BCUT2D eigenvalue weighted by molar-refractivity contribution is 1.01. The van der Waals surface area contributed by atoms with E-state index in [1.807, 2.05) is 6.07 Å². The van der Waals surface area contributed by atoms with Crippen molar-refractivity contribution in [2.24, 2.45) is 0 Å². The summed E-state index contributed by atoms with van der Waals surface area (Å²) in [6.45, 7) is 0. The third-order valence-electron chi connectivity index (χ3n) is 9.53. The molecular formula is C44H28N4. The van der Waals surface area contributed by atoms with Gasteiger partial charge in [-0.3, -0.25) is 4.57 Å². The van der Waals surface area contributed by atoms with Crippen molar-refractivity contribution >= 4 is 54.5 Å². The molecule has 48 heavy (non-hydrogen) atoms. The van der Waals surface area contributed by atoms with E-state index in [1.54, 1.807) is 0 Å². The van der Waals surface area contributed by atoms with E-state index in [2.05, 4.69) is 173 Å². The quantitative estimate of drug-likeness (QED) is 0.198. The number of nitrogens with zero attached hydrogens (tertiary/aromatic N) is 4. The average Bonchev–Trinajstić information content (AvgIpc) is 3.68. The molecular weight excluding hydrogens is 585 g/mol. The number of para-hydroxylation sites is 4. The molecule has 0 saturated heterocycles. The lowest BCUT2D eigenvalue weighted by Gasteiger charge is -2.14. The van der Waals surface area contributed by atoms with Gasteiger partial charge in [-0.2, -0.15) is 0 Å². The summed E-state index contributed by atoms with van der Waals surface area (Å²) in [6, 6.07) is 59.9. The van der Waals surface area contributed by atoms with Crippen LogP contribution in [0.25, 0.3) is 88.5 Å². The Morgan fingerprint density at radius 2 is 0.875 bits per heavy atom. The zero-order chi connectivity index (χ0) is 31.6. The van der Waals surface area contributed by atoms with Gasteiger partial charge in [0.2, 0.25) is 5.95 Å². The minimum atomic E-state index is 0.655. The molecule has 0 radical (unpaired) electrons. The maximum absolute atomic E-state index is 5.42. The molecule has 0 bridgehead atoms. The van der Waals surface area contributed by atoms with E-state index in [0.29, 0.717) is 5.95 Å². The van der Waals surface area contributed by atoms with Crippen molar-refractivity contribution in [3.05, 3.63) is 170 Å². The van der Waals surface area contributed by atoms with Crippen LogP contribution in [0.4, 0.5) is 0 Å². The van der Waals surface area contributed by atoms with Gasteiger partial charge in [0.1, 0.15) is 0 Å². The molecule has 0 fully saturated rings. The van der Waals surface area contributed by atoms with Crippen LogP contribution in [0.3, 0.4) is 0 Å². The van der Waals surface area contributed by atoms with Crippen molar-refractivity contribution in [1.82, 2.24) is 19.1 Å². The molecule has 0 spiro atoms. The minimum absolute atomic E-state index is 0.655. The Kier molecular flexibility index (Phi) is 5.84. The molecule has 0 atom stereocenters. The lowest BCUT2D eigenvalue weighted by Crippen LogP contribution is -2.04. The third-order valence-corrected chi connectivity index (χ3v) is 9.53. The Labute approximate surface area is 276 Å². The molecule has 4 nitrogen and oxygen atoms in total. The summed E-state index contributed by atoms with van der Waals surface area (Å²) in [4.78, 5) is 10.8. The topological polar surface area (TPSA) is 35.6 Å². The van der Waals surface area contributed by atoms with Gasteiger partial charge >= 0.3 is 0 Å². The van der Waals surface area contributed by atoms with Gasteiger partial charge in [0.15, 0.2) is 0 Å². The Balaban J connectivity index is 1.36. The zero-order valence-electron chi connectivity index (χ0n) is 26.0. The molecule has 3 aromatic heterocycles. The van der Waals surface area contributed by atoms with Crippen LogP contribution in [-0.4, -0.2) is 19.1 Å². The first kappa shape index (κ1) is 26.7. The molecule has 0 unspecified atom stereocenters. The molecule has 0 amide bonds. The highest BCUT2D eigenvalue weighted by Crippen LogP contribution is 2.42. The molecule has 3 heterocycles. The summed E-state index contributed by atoms with van der Waals surface area (Å²) in [5, 5.41) is 5.86. The van der Waals surface area contributed by atoms with Gasteiger partial charge in [0, 0.05) is 43.7 Å². The smallest absolute Gasteiger partial charge is 0.235 e. The normalized spacial score (nSPS) is 11.8. The number of hydrogen-bond donors (Lipinski definition) is 0. The van der Waals surface area contributed by atoms with Crippen LogP contribution in [0, 0.1) is 0 Å². The van der Waals surface area contributed by atoms with Gasteiger partial charge in [0.25, 0.3) is 0 Å². The second-order valence-corrected chi connectivity index (χ2v) is 12.2. The fourth-order valence-electron chi connectivity index (χ4n) is 7.50. The summed E-state index contributed by atoms with van der Waals surface area (Å²) < 4.78 is 4.63. The summed E-state index contributed by atoms with van der Waals surface area (Å²) in [6.07, 6.45) is 0. The number of benzene rings is 7. The molecule has 10 aromatic rings. The fourth-order valence-corrected chi connectivity index (χ4v) is 7.50. The summed E-state index contributed by atoms with van der Waals surface area (Å²) >= 11 is 0. The zero-order valence-corrected chi connectivity index (χ0v) is 26.0. The largest absolute Gasteiger partial charge is 0.309 e. The predicted octanol–water partition coefficient (Wildman–Crippen LogP) is 11.2. The molecule has 0 N–H and O–H groups in total. The highest BCUT2D eigenvalue weighted by Gasteiger charge is 2.22. The monoisotopic (exact) mass is 612 g/mol. The standard InChI is InChI=1S/C44H28N4/c1-4-15-29(16-5-1)32-23-14-24-35-42(30-17-6-2-7-18-30)45-44(46-43(32)35)48-37-26-13-11-22-34(37)41-39(48)28-27-38-40(41)33-21-10-12-25-36(33)47(38)31-19-8-3-9-20-31/h1-28H. The van der Waals surface area contributed by atoms with E-state index in [4.69, 9.17) is 9.97 Å². The Morgan fingerprint density at radius 3 is 1.54 bits per heavy atom. The van der Waals surface area contributed by atoms with E-state index in [1.165, 1.54) is 32.6 Å². The van der Waals surface area contributed by atoms with Crippen LogP contribution in [0.5, 0.6) is 0 Å². The van der Waals surface area contributed by atoms with Crippen molar-refractivity contribution < 1.29 is 0 Å². The van der Waals surface area contributed by atoms with Crippen molar-refractivity contribution in [3.63, 3.8) is 0 Å². The summed E-state index contributed by atoms with van der Waals surface area (Å²) in [5.74, 6) is 0.655. The first-order chi connectivity index (χ1) is 23.8. The number of aromatic nitrogens is 4. The minimum Gasteiger partial charge on any atom is -0.309 e. The maximum Gasteiger partial charge on any atom is 0.235 e. The highest BCUT2D eigenvalue weighted by molar-refractivity contribution is 6.28. The molecule has 4 heteroatoms. The van der Waals surface area contributed by atoms with Gasteiger partial charge in [-0.05, 0) is 42.0 Å².